The molecule has 2 heterocycles. The SMILES string of the molecule is CCCn1c(=O)c(C(=O)Nc2cccc(C(C)=O)c2)c(O)c2sccc21. The third-order valence-electron chi connectivity index (χ3n) is 4.05. The molecule has 0 aliphatic heterocycles. The van der Waals surface area contributed by atoms with Crippen LogP contribution in [0, 0.1) is 0 Å². The summed E-state index contributed by atoms with van der Waals surface area (Å²) in [6.07, 6.45) is 0.720. The number of aryl methyl sites for hydroxylation is 1. The third kappa shape index (κ3) is 3.13. The Bertz CT molecular complexity index is 1070. The van der Waals surface area contributed by atoms with Gasteiger partial charge < -0.3 is 15.0 Å². The predicted molar refractivity (Wildman–Crippen MR) is 102 cm³/mol. The molecule has 1 aromatic carbocycles. The number of nitrogens with one attached hydrogen (secondary N) is 1. The van der Waals surface area contributed by atoms with Crippen molar-refractivity contribution in [1.82, 2.24) is 4.57 Å². The number of rotatable bonds is 5. The fourth-order valence-electron chi connectivity index (χ4n) is 2.81. The van der Waals surface area contributed by atoms with Gasteiger partial charge in [-0.25, -0.2) is 0 Å². The van der Waals surface area contributed by atoms with Crippen molar-refractivity contribution in [3.63, 3.8) is 0 Å². The molecular weight excluding hydrogens is 352 g/mol. The number of benzene rings is 1. The van der Waals surface area contributed by atoms with Gasteiger partial charge in [0.25, 0.3) is 11.5 Å². The smallest absolute Gasteiger partial charge is 0.267 e. The minimum atomic E-state index is -0.701. The van der Waals surface area contributed by atoms with E-state index in [-0.39, 0.29) is 17.1 Å². The van der Waals surface area contributed by atoms with Gasteiger partial charge in [0.2, 0.25) is 0 Å². The first-order valence-corrected chi connectivity index (χ1v) is 9.07. The number of hydrogen-bond acceptors (Lipinski definition) is 5. The highest BCUT2D eigenvalue weighted by Gasteiger charge is 2.23. The van der Waals surface area contributed by atoms with Crippen molar-refractivity contribution < 1.29 is 14.7 Å². The number of hydrogen-bond donors (Lipinski definition) is 2. The van der Waals surface area contributed by atoms with Gasteiger partial charge in [-0.3, -0.25) is 14.4 Å². The van der Waals surface area contributed by atoms with Gasteiger partial charge >= 0.3 is 0 Å². The molecule has 3 rings (SSSR count). The quantitative estimate of drug-likeness (QED) is 0.671. The lowest BCUT2D eigenvalue weighted by molar-refractivity contribution is 0.100. The van der Waals surface area contributed by atoms with Crippen LogP contribution in [0.25, 0.3) is 10.2 Å². The highest BCUT2D eigenvalue weighted by atomic mass is 32.1. The molecule has 2 aromatic heterocycles. The summed E-state index contributed by atoms with van der Waals surface area (Å²) < 4.78 is 2.01. The average molecular weight is 370 g/mol. The molecule has 0 bridgehead atoms. The number of anilines is 1. The standard InChI is InChI=1S/C19H18N2O4S/c1-3-8-21-14-7-9-26-17(14)16(23)15(19(21)25)18(24)20-13-6-4-5-12(10-13)11(2)22/h4-7,9-10,23H,3,8H2,1-2H3,(H,20,24). The van der Waals surface area contributed by atoms with Gasteiger partial charge in [0.15, 0.2) is 11.5 Å². The number of thiophene rings is 1. The fraction of sp³-hybridized carbons (Fsp3) is 0.211. The van der Waals surface area contributed by atoms with Crippen LogP contribution in [0.3, 0.4) is 0 Å². The summed E-state index contributed by atoms with van der Waals surface area (Å²) in [7, 11) is 0. The Morgan fingerprint density at radius 3 is 2.73 bits per heavy atom. The number of carbonyl (C=O) groups excluding carboxylic acids is 2. The Labute approximate surface area is 153 Å². The Morgan fingerprint density at radius 2 is 2.04 bits per heavy atom. The van der Waals surface area contributed by atoms with Crippen LogP contribution in [0.5, 0.6) is 5.75 Å². The first-order valence-electron chi connectivity index (χ1n) is 8.19. The molecule has 134 valence electrons. The van der Waals surface area contributed by atoms with E-state index in [2.05, 4.69) is 5.32 Å². The lowest BCUT2D eigenvalue weighted by atomic mass is 10.1. The highest BCUT2D eigenvalue weighted by Crippen LogP contribution is 2.31. The molecule has 0 unspecified atom stereocenters. The van der Waals surface area contributed by atoms with Gasteiger partial charge in [0.05, 0.1) is 10.2 Å². The second kappa shape index (κ2) is 7.13. The maximum Gasteiger partial charge on any atom is 0.267 e. The zero-order chi connectivity index (χ0) is 18.8. The van der Waals surface area contributed by atoms with Gasteiger partial charge in [0, 0.05) is 17.8 Å². The highest BCUT2D eigenvalue weighted by molar-refractivity contribution is 7.17. The molecule has 0 spiro atoms. The Morgan fingerprint density at radius 1 is 1.27 bits per heavy atom. The Balaban J connectivity index is 2.07. The van der Waals surface area contributed by atoms with E-state index in [0.717, 1.165) is 6.42 Å². The molecule has 26 heavy (non-hydrogen) atoms. The second-order valence-corrected chi connectivity index (χ2v) is 6.82. The number of pyridine rings is 1. The van der Waals surface area contributed by atoms with Crippen LogP contribution >= 0.6 is 11.3 Å². The predicted octanol–water partition coefficient (Wildman–Crippen LogP) is 3.63. The molecule has 3 aromatic rings. The van der Waals surface area contributed by atoms with Crippen LogP contribution in [0.15, 0.2) is 40.5 Å². The molecule has 0 radical (unpaired) electrons. The van der Waals surface area contributed by atoms with Crippen LogP contribution in [-0.2, 0) is 6.54 Å². The van der Waals surface area contributed by atoms with E-state index in [1.54, 1.807) is 29.6 Å². The van der Waals surface area contributed by atoms with Gasteiger partial charge in [0.1, 0.15) is 5.56 Å². The molecule has 0 saturated carbocycles. The molecule has 7 heteroatoms. The number of fused-ring (bicyclic) bond motifs is 1. The van der Waals surface area contributed by atoms with Crippen LogP contribution in [-0.4, -0.2) is 21.4 Å². The van der Waals surface area contributed by atoms with Crippen molar-refractivity contribution in [2.24, 2.45) is 0 Å². The normalized spacial score (nSPS) is 10.8. The van der Waals surface area contributed by atoms with Crippen LogP contribution in [0.1, 0.15) is 41.0 Å². The fourth-order valence-corrected chi connectivity index (χ4v) is 3.66. The van der Waals surface area contributed by atoms with Gasteiger partial charge in [-0.2, -0.15) is 0 Å². The number of aromatic nitrogens is 1. The largest absolute Gasteiger partial charge is 0.505 e. The van der Waals surface area contributed by atoms with E-state index in [1.807, 2.05) is 6.92 Å². The maximum absolute atomic E-state index is 12.8. The zero-order valence-electron chi connectivity index (χ0n) is 14.4. The van der Waals surface area contributed by atoms with Crippen molar-refractivity contribution in [2.75, 3.05) is 5.32 Å². The lowest BCUT2D eigenvalue weighted by Crippen LogP contribution is -2.29. The van der Waals surface area contributed by atoms with Crippen molar-refractivity contribution in [3.05, 3.63) is 57.2 Å². The summed E-state index contributed by atoms with van der Waals surface area (Å²) in [5.41, 5.74) is 0.630. The third-order valence-corrected chi connectivity index (χ3v) is 4.96. The summed E-state index contributed by atoms with van der Waals surface area (Å²) in [4.78, 5) is 37.0. The first kappa shape index (κ1) is 17.9. The number of ketones is 1. The molecular formula is C19H18N2O4S. The van der Waals surface area contributed by atoms with E-state index >= 15 is 0 Å². The van der Waals surface area contributed by atoms with E-state index in [4.69, 9.17) is 0 Å². The number of Topliss-reactive ketones (excluding diaryl/α,β-unsaturated/α-hetero) is 1. The minimum absolute atomic E-state index is 0.130. The molecule has 0 aliphatic carbocycles. The van der Waals surface area contributed by atoms with E-state index in [9.17, 15) is 19.5 Å². The number of aromatic hydroxyl groups is 1. The van der Waals surface area contributed by atoms with Crippen molar-refractivity contribution in [2.45, 2.75) is 26.8 Å². The average Bonchev–Trinajstić information content (AvgIpc) is 3.09. The summed E-state index contributed by atoms with van der Waals surface area (Å²) in [5.74, 6) is -1.14. The summed E-state index contributed by atoms with van der Waals surface area (Å²) in [6, 6.07) is 8.20. The zero-order valence-corrected chi connectivity index (χ0v) is 15.2. The summed E-state index contributed by atoms with van der Waals surface area (Å²) in [6.45, 7) is 3.82. The van der Waals surface area contributed by atoms with Crippen molar-refractivity contribution >= 4 is 38.9 Å². The summed E-state index contributed by atoms with van der Waals surface area (Å²) in [5, 5.41) is 14.9. The maximum atomic E-state index is 12.8. The second-order valence-electron chi connectivity index (χ2n) is 5.91. The Hall–Kier alpha value is -2.93. The topological polar surface area (TPSA) is 88.4 Å². The van der Waals surface area contributed by atoms with E-state index < -0.39 is 11.5 Å². The van der Waals surface area contributed by atoms with Crippen LogP contribution in [0.4, 0.5) is 5.69 Å². The minimum Gasteiger partial charge on any atom is -0.505 e. The van der Waals surface area contributed by atoms with Gasteiger partial charge in [-0.05, 0) is 36.9 Å². The lowest BCUT2D eigenvalue weighted by Gasteiger charge is -2.12. The first-order chi connectivity index (χ1) is 12.4. The number of carbonyl (C=O) groups is 2. The van der Waals surface area contributed by atoms with E-state index in [0.29, 0.717) is 28.0 Å². The molecule has 0 fully saturated rings. The molecule has 0 aliphatic rings. The Kier molecular flexibility index (Phi) is 4.90. The number of nitrogens with zero attached hydrogens (tertiary/aromatic N) is 1. The van der Waals surface area contributed by atoms with E-state index in [1.165, 1.54) is 28.9 Å². The molecule has 0 atom stereocenters. The summed E-state index contributed by atoms with van der Waals surface area (Å²) >= 11 is 1.27. The molecule has 2 N–H and O–H groups in total. The number of amides is 1. The van der Waals surface area contributed by atoms with Crippen molar-refractivity contribution in [1.29, 1.82) is 0 Å². The van der Waals surface area contributed by atoms with Crippen LogP contribution < -0.4 is 10.9 Å². The van der Waals surface area contributed by atoms with Gasteiger partial charge in [-0.1, -0.05) is 19.1 Å². The molecule has 1 amide bonds. The molecule has 0 saturated heterocycles. The van der Waals surface area contributed by atoms with Crippen molar-refractivity contribution in [3.8, 4) is 5.75 Å². The monoisotopic (exact) mass is 370 g/mol. The molecule has 6 nitrogen and oxygen atoms in total. The van der Waals surface area contributed by atoms with Crippen LogP contribution in [0.2, 0.25) is 0 Å². The van der Waals surface area contributed by atoms with Gasteiger partial charge in [-0.15, -0.1) is 11.3 Å².